The third kappa shape index (κ3) is 5.19. The Labute approximate surface area is 214 Å². The Morgan fingerprint density at radius 3 is 2.39 bits per heavy atom. The maximum atomic E-state index is 13.6. The highest BCUT2D eigenvalue weighted by Gasteiger charge is 2.30. The minimum Gasteiger partial charge on any atom is -0.325 e. The van der Waals surface area contributed by atoms with E-state index < -0.39 is 29.1 Å². The van der Waals surface area contributed by atoms with E-state index in [1.165, 1.54) is 4.57 Å². The van der Waals surface area contributed by atoms with Crippen molar-refractivity contribution in [1.29, 1.82) is 0 Å². The molecular formula is C26H23F3N6O3. The van der Waals surface area contributed by atoms with Gasteiger partial charge in [0.25, 0.3) is 5.56 Å². The number of fused-ring (bicyclic) bond motifs is 1. The molecule has 38 heavy (non-hydrogen) atoms. The maximum absolute atomic E-state index is 13.6. The van der Waals surface area contributed by atoms with Crippen LogP contribution in [0.25, 0.3) is 16.9 Å². The van der Waals surface area contributed by atoms with Gasteiger partial charge in [-0.1, -0.05) is 31.7 Å². The number of aromatic nitrogens is 4. The molecule has 0 aliphatic carbocycles. The van der Waals surface area contributed by atoms with Gasteiger partial charge in [-0.05, 0) is 49.8 Å². The number of hydrogen-bond acceptors (Lipinski definition) is 5. The van der Waals surface area contributed by atoms with Crippen LogP contribution in [-0.2, 0) is 28.7 Å². The zero-order chi connectivity index (χ0) is 27.6. The van der Waals surface area contributed by atoms with Crippen LogP contribution in [0.3, 0.4) is 0 Å². The summed E-state index contributed by atoms with van der Waals surface area (Å²) >= 11 is 0. The van der Waals surface area contributed by atoms with E-state index in [0.29, 0.717) is 29.2 Å². The molecule has 2 heterocycles. The number of nitrogens with one attached hydrogen (secondary N) is 2. The Bertz CT molecular complexity index is 1600. The second-order valence-corrected chi connectivity index (χ2v) is 8.30. The van der Waals surface area contributed by atoms with Crippen LogP contribution in [0.5, 0.6) is 0 Å². The molecule has 2 N–H and O–H groups in total. The zero-order valence-electron chi connectivity index (χ0n) is 20.5. The van der Waals surface area contributed by atoms with Crippen LogP contribution >= 0.6 is 0 Å². The minimum atomic E-state index is -4.50. The van der Waals surface area contributed by atoms with Crippen molar-refractivity contribution in [3.8, 4) is 11.1 Å². The van der Waals surface area contributed by atoms with E-state index in [2.05, 4.69) is 27.3 Å². The number of amides is 2. The third-order valence-electron chi connectivity index (χ3n) is 5.73. The molecule has 0 fully saturated rings. The molecule has 4 aromatic rings. The second-order valence-electron chi connectivity index (χ2n) is 8.30. The molecule has 0 spiro atoms. The van der Waals surface area contributed by atoms with Crippen LogP contribution in [-0.4, -0.2) is 31.0 Å². The molecule has 0 unspecified atom stereocenters. The number of nitrogens with zero attached hydrogens (tertiary/aromatic N) is 4. The van der Waals surface area contributed by atoms with Gasteiger partial charge in [0.05, 0.1) is 11.1 Å². The quantitative estimate of drug-likeness (QED) is 0.352. The third-order valence-corrected chi connectivity index (χ3v) is 5.73. The first kappa shape index (κ1) is 26.3. The molecule has 2 aromatic carbocycles. The lowest BCUT2D eigenvalue weighted by molar-refractivity contribution is -0.137. The summed E-state index contributed by atoms with van der Waals surface area (Å²) in [5, 5.41) is 9.46. The van der Waals surface area contributed by atoms with E-state index in [1.54, 1.807) is 38.1 Å². The molecule has 12 heteroatoms. The highest BCUT2D eigenvalue weighted by Crippen LogP contribution is 2.31. The normalized spacial score (nSPS) is 11.4. The van der Waals surface area contributed by atoms with E-state index in [1.807, 2.05) is 0 Å². The topological polar surface area (TPSA) is 110 Å². The van der Waals surface area contributed by atoms with Crippen LogP contribution in [0.4, 0.5) is 24.5 Å². The Balaban J connectivity index is 1.81. The number of rotatable bonds is 7. The molecule has 196 valence electrons. The fraction of sp³-hybridized carbons (Fsp3) is 0.192. The summed E-state index contributed by atoms with van der Waals surface area (Å²) in [4.78, 5) is 43.0. The zero-order valence-corrected chi connectivity index (χ0v) is 20.5. The second kappa shape index (κ2) is 10.3. The average molecular weight is 525 g/mol. The highest BCUT2D eigenvalue weighted by atomic mass is 19.4. The largest absolute Gasteiger partial charge is 0.416 e. The molecule has 0 atom stereocenters. The molecule has 0 saturated heterocycles. The summed E-state index contributed by atoms with van der Waals surface area (Å²) < 4.78 is 41.2. The van der Waals surface area contributed by atoms with Crippen molar-refractivity contribution < 1.29 is 22.8 Å². The number of halogens is 3. The Morgan fingerprint density at radius 1 is 1.08 bits per heavy atom. The lowest BCUT2D eigenvalue weighted by Gasteiger charge is -2.19. The smallest absolute Gasteiger partial charge is 0.325 e. The van der Waals surface area contributed by atoms with Crippen molar-refractivity contribution in [2.75, 3.05) is 10.6 Å². The van der Waals surface area contributed by atoms with Crippen molar-refractivity contribution in [2.45, 2.75) is 33.0 Å². The van der Waals surface area contributed by atoms with Gasteiger partial charge in [-0.2, -0.15) is 22.7 Å². The van der Waals surface area contributed by atoms with Gasteiger partial charge in [0, 0.05) is 22.6 Å². The molecule has 0 saturated carbocycles. The monoisotopic (exact) mass is 524 g/mol. The van der Waals surface area contributed by atoms with Gasteiger partial charge >= 0.3 is 6.18 Å². The van der Waals surface area contributed by atoms with Crippen molar-refractivity contribution in [3.05, 3.63) is 88.6 Å². The van der Waals surface area contributed by atoms with Crippen molar-refractivity contribution >= 4 is 29.0 Å². The van der Waals surface area contributed by atoms with E-state index in [0.717, 1.165) is 34.9 Å². The molecule has 2 amide bonds. The van der Waals surface area contributed by atoms with E-state index >= 15 is 0 Å². The SMILES string of the molecule is C=CC(=O)Nc1ccccc1-c1c(CC)n(CC(=O)Nc2ccc(C(F)(F)F)cc2)c2nc(C)nn2c1=O. The van der Waals surface area contributed by atoms with Gasteiger partial charge in [0.15, 0.2) is 0 Å². The van der Waals surface area contributed by atoms with Gasteiger partial charge in [-0.15, -0.1) is 5.10 Å². The van der Waals surface area contributed by atoms with Crippen molar-refractivity contribution in [3.63, 3.8) is 0 Å². The summed E-state index contributed by atoms with van der Waals surface area (Å²) in [6.07, 6.45) is -3.08. The summed E-state index contributed by atoms with van der Waals surface area (Å²) in [5.41, 5.74) is 0.296. The Kier molecular flexibility index (Phi) is 7.15. The minimum absolute atomic E-state index is 0.128. The fourth-order valence-electron chi connectivity index (χ4n) is 4.08. The average Bonchev–Trinajstić information content (AvgIpc) is 3.27. The number of para-hydroxylation sites is 1. The summed E-state index contributed by atoms with van der Waals surface area (Å²) in [6.45, 7) is 6.54. The van der Waals surface area contributed by atoms with Gasteiger partial charge in [-0.3, -0.25) is 14.4 Å². The molecule has 0 aliphatic rings. The lowest BCUT2D eigenvalue weighted by atomic mass is 10.0. The number of anilines is 2. The molecule has 4 rings (SSSR count). The first-order chi connectivity index (χ1) is 18.0. The number of alkyl halides is 3. The van der Waals surface area contributed by atoms with Crippen molar-refractivity contribution in [1.82, 2.24) is 19.2 Å². The fourth-order valence-corrected chi connectivity index (χ4v) is 4.08. The molecule has 0 radical (unpaired) electrons. The number of benzene rings is 2. The standard InChI is InChI=1S/C26H23F3N6O3/c1-4-20-23(18-8-6-7-9-19(18)32-21(36)5-2)24(38)35-25(30-15(3)33-35)34(20)14-22(37)31-17-12-10-16(11-13-17)26(27,28)29/h5-13H,2,4,14H2,1,3H3,(H,31,37)(H,32,36). The van der Waals surface area contributed by atoms with E-state index in [4.69, 9.17) is 0 Å². The van der Waals surface area contributed by atoms with Crippen LogP contribution in [0.2, 0.25) is 0 Å². The van der Waals surface area contributed by atoms with Gasteiger partial charge < -0.3 is 15.2 Å². The highest BCUT2D eigenvalue weighted by molar-refractivity contribution is 6.02. The number of hydrogen-bond donors (Lipinski definition) is 2. The van der Waals surface area contributed by atoms with Crippen LogP contribution in [0.1, 0.15) is 24.0 Å². The first-order valence-electron chi connectivity index (χ1n) is 11.5. The lowest BCUT2D eigenvalue weighted by Crippen LogP contribution is -2.29. The molecule has 0 bridgehead atoms. The van der Waals surface area contributed by atoms with Crippen LogP contribution in [0.15, 0.2) is 66.0 Å². The Morgan fingerprint density at radius 2 is 1.76 bits per heavy atom. The predicted molar refractivity (Wildman–Crippen MR) is 136 cm³/mol. The van der Waals surface area contributed by atoms with Crippen molar-refractivity contribution in [2.24, 2.45) is 0 Å². The number of carbonyl (C=O) groups excluding carboxylic acids is 2. The van der Waals surface area contributed by atoms with Gasteiger partial charge in [0.2, 0.25) is 17.6 Å². The van der Waals surface area contributed by atoms with E-state index in [-0.39, 0.29) is 23.6 Å². The van der Waals surface area contributed by atoms with Crippen LogP contribution in [0, 0.1) is 6.92 Å². The van der Waals surface area contributed by atoms with Gasteiger partial charge in [0.1, 0.15) is 12.4 Å². The molecule has 2 aromatic heterocycles. The molecule has 9 nitrogen and oxygen atoms in total. The van der Waals surface area contributed by atoms with E-state index in [9.17, 15) is 27.6 Å². The first-order valence-corrected chi connectivity index (χ1v) is 11.5. The summed E-state index contributed by atoms with van der Waals surface area (Å²) in [7, 11) is 0. The molecular weight excluding hydrogens is 501 g/mol. The van der Waals surface area contributed by atoms with Gasteiger partial charge in [-0.25, -0.2) is 0 Å². The summed E-state index contributed by atoms with van der Waals surface area (Å²) in [5.74, 6) is -0.594. The van der Waals surface area contributed by atoms with Crippen LogP contribution < -0.4 is 16.2 Å². The predicted octanol–water partition coefficient (Wildman–Crippen LogP) is 4.21. The number of aryl methyl sites for hydroxylation is 1. The molecule has 0 aliphatic heterocycles. The summed E-state index contributed by atoms with van der Waals surface area (Å²) in [6, 6.07) is 10.8. The maximum Gasteiger partial charge on any atom is 0.416 e. The Hall–Kier alpha value is -4.74. The number of carbonyl (C=O) groups is 2.